The summed E-state index contributed by atoms with van der Waals surface area (Å²) in [5.41, 5.74) is -0.529. The standard InChI is InChI=1S/C11H24N2O2/c1-3-12-6-7-13(2)10-11(14)4-8-15-9-5-11/h12,14H,3-10H2,1-2H3. The number of nitrogens with one attached hydrogen (secondary N) is 1. The maximum absolute atomic E-state index is 10.3. The lowest BCUT2D eigenvalue weighted by molar-refractivity contribution is -0.0766. The van der Waals surface area contributed by atoms with Gasteiger partial charge in [0, 0.05) is 45.7 Å². The largest absolute Gasteiger partial charge is 0.388 e. The molecule has 4 nitrogen and oxygen atoms in total. The Morgan fingerprint density at radius 1 is 1.40 bits per heavy atom. The predicted molar refractivity (Wildman–Crippen MR) is 61.0 cm³/mol. The number of hydrogen-bond acceptors (Lipinski definition) is 4. The SMILES string of the molecule is CCNCCN(C)CC1(O)CCOCC1. The highest BCUT2D eigenvalue weighted by Gasteiger charge is 2.30. The van der Waals surface area contributed by atoms with Gasteiger partial charge in [-0.1, -0.05) is 6.92 Å². The zero-order chi connectivity index (χ0) is 11.1. The molecule has 0 aliphatic carbocycles. The molecule has 1 saturated heterocycles. The molecule has 0 aromatic rings. The van der Waals surface area contributed by atoms with Gasteiger partial charge >= 0.3 is 0 Å². The van der Waals surface area contributed by atoms with E-state index in [-0.39, 0.29) is 0 Å². The van der Waals surface area contributed by atoms with E-state index in [1.54, 1.807) is 0 Å². The number of nitrogens with zero attached hydrogens (tertiary/aromatic N) is 1. The Morgan fingerprint density at radius 2 is 2.07 bits per heavy atom. The van der Waals surface area contributed by atoms with E-state index in [0.717, 1.165) is 39.0 Å². The van der Waals surface area contributed by atoms with Gasteiger partial charge in [-0.25, -0.2) is 0 Å². The van der Waals surface area contributed by atoms with Crippen LogP contribution in [0.15, 0.2) is 0 Å². The Balaban J connectivity index is 2.20. The summed E-state index contributed by atoms with van der Waals surface area (Å²) in [5.74, 6) is 0. The van der Waals surface area contributed by atoms with Crippen molar-refractivity contribution in [1.82, 2.24) is 10.2 Å². The van der Waals surface area contributed by atoms with Crippen molar-refractivity contribution in [1.29, 1.82) is 0 Å². The van der Waals surface area contributed by atoms with Crippen LogP contribution in [0.25, 0.3) is 0 Å². The van der Waals surface area contributed by atoms with Crippen LogP contribution in [0.3, 0.4) is 0 Å². The number of hydrogen-bond donors (Lipinski definition) is 2. The molecule has 0 atom stereocenters. The summed E-state index contributed by atoms with van der Waals surface area (Å²) in [5, 5.41) is 13.5. The lowest BCUT2D eigenvalue weighted by Gasteiger charge is -2.35. The summed E-state index contributed by atoms with van der Waals surface area (Å²) in [6.45, 7) is 7.21. The average molecular weight is 216 g/mol. The highest BCUT2D eigenvalue weighted by atomic mass is 16.5. The van der Waals surface area contributed by atoms with Crippen molar-refractivity contribution < 1.29 is 9.84 Å². The smallest absolute Gasteiger partial charge is 0.0817 e. The number of ether oxygens (including phenoxy) is 1. The van der Waals surface area contributed by atoms with Crippen molar-refractivity contribution in [3.05, 3.63) is 0 Å². The summed E-state index contributed by atoms with van der Waals surface area (Å²) in [6.07, 6.45) is 1.52. The van der Waals surface area contributed by atoms with Gasteiger partial charge in [-0.2, -0.15) is 0 Å². The molecule has 0 spiro atoms. The van der Waals surface area contributed by atoms with Crippen LogP contribution in [0.4, 0.5) is 0 Å². The van der Waals surface area contributed by atoms with Gasteiger partial charge in [0.2, 0.25) is 0 Å². The fourth-order valence-corrected chi connectivity index (χ4v) is 1.94. The molecular weight excluding hydrogens is 192 g/mol. The van der Waals surface area contributed by atoms with Crippen LogP contribution in [0.2, 0.25) is 0 Å². The van der Waals surface area contributed by atoms with Crippen LogP contribution in [-0.2, 0) is 4.74 Å². The van der Waals surface area contributed by atoms with Gasteiger partial charge in [-0.05, 0) is 13.6 Å². The average Bonchev–Trinajstić information content (AvgIpc) is 2.18. The Kier molecular flexibility index (Phi) is 5.53. The van der Waals surface area contributed by atoms with Gasteiger partial charge in [0.25, 0.3) is 0 Å². The van der Waals surface area contributed by atoms with E-state index < -0.39 is 5.60 Å². The second kappa shape index (κ2) is 6.43. The van der Waals surface area contributed by atoms with E-state index in [2.05, 4.69) is 24.2 Å². The molecule has 1 rings (SSSR count). The predicted octanol–water partition coefficient (Wildman–Crippen LogP) is 0.0692. The van der Waals surface area contributed by atoms with Crippen LogP contribution in [0.5, 0.6) is 0 Å². The summed E-state index contributed by atoms with van der Waals surface area (Å²) >= 11 is 0. The highest BCUT2D eigenvalue weighted by molar-refractivity contribution is 4.84. The van der Waals surface area contributed by atoms with Gasteiger partial charge < -0.3 is 20.1 Å². The van der Waals surface area contributed by atoms with Crippen LogP contribution in [-0.4, -0.2) is 62.0 Å². The third kappa shape index (κ3) is 4.93. The topological polar surface area (TPSA) is 44.7 Å². The molecule has 15 heavy (non-hydrogen) atoms. The molecule has 90 valence electrons. The first-order valence-corrected chi connectivity index (χ1v) is 5.86. The van der Waals surface area contributed by atoms with Gasteiger partial charge in [-0.3, -0.25) is 0 Å². The molecule has 1 fully saturated rings. The van der Waals surface area contributed by atoms with Crippen molar-refractivity contribution in [3.8, 4) is 0 Å². The summed E-state index contributed by atoms with van der Waals surface area (Å²) in [4.78, 5) is 2.19. The molecule has 1 heterocycles. The molecule has 1 aliphatic heterocycles. The first kappa shape index (κ1) is 12.9. The highest BCUT2D eigenvalue weighted by Crippen LogP contribution is 2.20. The maximum atomic E-state index is 10.3. The van der Waals surface area contributed by atoms with E-state index in [1.807, 2.05) is 0 Å². The third-order valence-electron chi connectivity index (χ3n) is 2.91. The van der Waals surface area contributed by atoms with E-state index in [1.165, 1.54) is 0 Å². The van der Waals surface area contributed by atoms with Crippen LogP contribution < -0.4 is 5.32 Å². The molecule has 0 saturated carbocycles. The molecule has 0 aromatic carbocycles. The van der Waals surface area contributed by atoms with E-state index in [0.29, 0.717) is 13.2 Å². The second-order valence-electron chi connectivity index (χ2n) is 4.43. The molecule has 0 aromatic heterocycles. The first-order chi connectivity index (χ1) is 7.16. The minimum atomic E-state index is -0.529. The van der Waals surface area contributed by atoms with Crippen molar-refractivity contribution in [2.75, 3.05) is 46.4 Å². The maximum Gasteiger partial charge on any atom is 0.0817 e. The van der Waals surface area contributed by atoms with Crippen LogP contribution in [0.1, 0.15) is 19.8 Å². The minimum absolute atomic E-state index is 0.529. The van der Waals surface area contributed by atoms with Crippen LogP contribution in [0, 0.1) is 0 Å². The van der Waals surface area contributed by atoms with Gasteiger partial charge in [0.1, 0.15) is 0 Å². The second-order valence-corrected chi connectivity index (χ2v) is 4.43. The fourth-order valence-electron chi connectivity index (χ4n) is 1.94. The molecule has 4 heteroatoms. The zero-order valence-electron chi connectivity index (χ0n) is 9.96. The van der Waals surface area contributed by atoms with Gasteiger partial charge in [-0.15, -0.1) is 0 Å². The summed E-state index contributed by atoms with van der Waals surface area (Å²) in [7, 11) is 2.06. The number of likely N-dealkylation sites (N-methyl/N-ethyl adjacent to an activating group) is 2. The lowest BCUT2D eigenvalue weighted by atomic mass is 9.94. The quantitative estimate of drug-likeness (QED) is 0.617. The fraction of sp³-hybridized carbons (Fsp3) is 1.00. The van der Waals surface area contributed by atoms with Crippen LogP contribution >= 0.6 is 0 Å². The Hall–Kier alpha value is -0.160. The Morgan fingerprint density at radius 3 is 2.67 bits per heavy atom. The molecule has 2 N–H and O–H groups in total. The van der Waals surface area contributed by atoms with Gasteiger partial charge in [0.05, 0.1) is 5.60 Å². The third-order valence-corrected chi connectivity index (χ3v) is 2.91. The first-order valence-electron chi connectivity index (χ1n) is 5.86. The number of aliphatic hydroxyl groups is 1. The normalized spacial score (nSPS) is 20.8. The van der Waals surface area contributed by atoms with Gasteiger partial charge in [0.15, 0.2) is 0 Å². The number of rotatable bonds is 6. The zero-order valence-corrected chi connectivity index (χ0v) is 9.96. The molecule has 0 radical (unpaired) electrons. The summed E-state index contributed by atoms with van der Waals surface area (Å²) in [6, 6.07) is 0. The molecule has 1 aliphatic rings. The lowest BCUT2D eigenvalue weighted by Crippen LogP contribution is -2.46. The molecule has 0 unspecified atom stereocenters. The van der Waals surface area contributed by atoms with Crippen molar-refractivity contribution in [2.24, 2.45) is 0 Å². The van der Waals surface area contributed by atoms with E-state index in [4.69, 9.17) is 4.74 Å². The monoisotopic (exact) mass is 216 g/mol. The molecule has 0 bridgehead atoms. The Labute approximate surface area is 92.6 Å². The van der Waals surface area contributed by atoms with Crippen molar-refractivity contribution >= 4 is 0 Å². The summed E-state index contributed by atoms with van der Waals surface area (Å²) < 4.78 is 5.25. The van der Waals surface area contributed by atoms with E-state index in [9.17, 15) is 5.11 Å². The minimum Gasteiger partial charge on any atom is -0.388 e. The molecular formula is C11H24N2O2. The Bertz CT molecular complexity index is 170. The van der Waals surface area contributed by atoms with Crippen molar-refractivity contribution in [2.45, 2.75) is 25.4 Å². The van der Waals surface area contributed by atoms with Crippen molar-refractivity contribution in [3.63, 3.8) is 0 Å². The molecule has 0 amide bonds. The van der Waals surface area contributed by atoms with E-state index >= 15 is 0 Å².